The van der Waals surface area contributed by atoms with E-state index in [1.54, 1.807) is 0 Å². The summed E-state index contributed by atoms with van der Waals surface area (Å²) in [6.45, 7) is 0. The summed E-state index contributed by atoms with van der Waals surface area (Å²) in [5, 5.41) is 10.3. The molecule has 0 saturated heterocycles. The predicted molar refractivity (Wildman–Crippen MR) is 69.3 cm³/mol. The molecule has 4 atom stereocenters. The van der Waals surface area contributed by atoms with Crippen LogP contribution in [0.3, 0.4) is 0 Å². The van der Waals surface area contributed by atoms with Crippen molar-refractivity contribution in [3.63, 3.8) is 0 Å². The van der Waals surface area contributed by atoms with Crippen molar-refractivity contribution < 1.29 is 5.11 Å². The SMILES string of the molecule is O[C@@H]1CCC2C=CC=NC2[C@H]1c1ccccc1. The zero-order valence-corrected chi connectivity index (χ0v) is 9.74. The van der Waals surface area contributed by atoms with Crippen LogP contribution in [0.5, 0.6) is 0 Å². The van der Waals surface area contributed by atoms with Crippen molar-refractivity contribution in [1.29, 1.82) is 0 Å². The number of benzene rings is 1. The van der Waals surface area contributed by atoms with Gasteiger partial charge in [0.25, 0.3) is 0 Å². The molecule has 1 aromatic carbocycles. The van der Waals surface area contributed by atoms with Gasteiger partial charge in [-0.15, -0.1) is 0 Å². The van der Waals surface area contributed by atoms with Gasteiger partial charge in [0.15, 0.2) is 0 Å². The molecule has 1 aliphatic carbocycles. The van der Waals surface area contributed by atoms with Crippen molar-refractivity contribution in [3.8, 4) is 0 Å². The standard InChI is InChI=1S/C15H17NO/c17-13-9-8-12-7-4-10-16-15(12)14(13)11-5-2-1-3-6-11/h1-7,10,12-15,17H,8-9H2/t12?,13-,14+,15?/m1/s1. The lowest BCUT2D eigenvalue weighted by Gasteiger charge is -2.39. The predicted octanol–water partition coefficient (Wildman–Crippen LogP) is 2.55. The maximum Gasteiger partial charge on any atom is 0.0655 e. The number of hydrogen-bond donors (Lipinski definition) is 1. The third kappa shape index (κ3) is 1.93. The van der Waals surface area contributed by atoms with Gasteiger partial charge in [0.2, 0.25) is 0 Å². The molecule has 1 aliphatic heterocycles. The highest BCUT2D eigenvalue weighted by molar-refractivity contribution is 5.72. The van der Waals surface area contributed by atoms with E-state index in [0.29, 0.717) is 5.92 Å². The number of hydrogen-bond acceptors (Lipinski definition) is 2. The van der Waals surface area contributed by atoms with Gasteiger partial charge in [-0.3, -0.25) is 4.99 Å². The third-order valence-electron chi connectivity index (χ3n) is 3.90. The Hall–Kier alpha value is -1.41. The molecule has 2 nitrogen and oxygen atoms in total. The molecule has 1 fully saturated rings. The number of allylic oxidation sites excluding steroid dienone is 1. The Morgan fingerprint density at radius 3 is 2.76 bits per heavy atom. The number of nitrogens with zero attached hydrogens (tertiary/aromatic N) is 1. The molecule has 17 heavy (non-hydrogen) atoms. The number of rotatable bonds is 1. The van der Waals surface area contributed by atoms with E-state index in [1.807, 2.05) is 30.5 Å². The number of fused-ring (bicyclic) bond motifs is 1. The lowest BCUT2D eigenvalue weighted by Crippen LogP contribution is -2.39. The van der Waals surface area contributed by atoms with Crippen molar-refractivity contribution in [3.05, 3.63) is 48.0 Å². The van der Waals surface area contributed by atoms with Gasteiger partial charge >= 0.3 is 0 Å². The van der Waals surface area contributed by atoms with Crippen molar-refractivity contribution in [1.82, 2.24) is 0 Å². The van der Waals surface area contributed by atoms with Crippen LogP contribution in [0.15, 0.2) is 47.5 Å². The number of aliphatic hydroxyl groups excluding tert-OH is 1. The smallest absolute Gasteiger partial charge is 0.0655 e. The molecule has 0 bridgehead atoms. The molecule has 1 saturated carbocycles. The second kappa shape index (κ2) is 4.46. The molecule has 3 rings (SSSR count). The van der Waals surface area contributed by atoms with E-state index in [9.17, 15) is 5.11 Å². The molecule has 2 aliphatic rings. The monoisotopic (exact) mass is 227 g/mol. The quantitative estimate of drug-likeness (QED) is 0.785. The summed E-state index contributed by atoms with van der Waals surface area (Å²) in [5.41, 5.74) is 1.21. The summed E-state index contributed by atoms with van der Waals surface area (Å²) >= 11 is 0. The molecule has 0 amide bonds. The van der Waals surface area contributed by atoms with Crippen LogP contribution >= 0.6 is 0 Å². The Labute approximate surface area is 102 Å². The summed E-state index contributed by atoms with van der Waals surface area (Å²) in [4.78, 5) is 4.59. The topological polar surface area (TPSA) is 32.6 Å². The van der Waals surface area contributed by atoms with E-state index in [2.05, 4.69) is 23.2 Å². The Bertz CT molecular complexity index is 437. The average Bonchev–Trinajstić information content (AvgIpc) is 2.39. The third-order valence-corrected chi connectivity index (χ3v) is 3.90. The van der Waals surface area contributed by atoms with Crippen LogP contribution in [0.4, 0.5) is 0 Å². The molecule has 0 spiro atoms. The van der Waals surface area contributed by atoms with E-state index in [-0.39, 0.29) is 18.1 Å². The summed E-state index contributed by atoms with van der Waals surface area (Å²) in [5.74, 6) is 0.643. The lowest BCUT2D eigenvalue weighted by atomic mass is 9.71. The molecular formula is C15H17NO. The number of dihydropyridines is 1. The molecule has 2 unspecified atom stereocenters. The summed E-state index contributed by atoms with van der Waals surface area (Å²) in [6.07, 6.45) is 7.79. The maximum atomic E-state index is 10.3. The van der Waals surface area contributed by atoms with Crippen LogP contribution in [0.1, 0.15) is 24.3 Å². The van der Waals surface area contributed by atoms with Gasteiger partial charge in [-0.1, -0.05) is 36.4 Å². The fourth-order valence-electron chi connectivity index (χ4n) is 3.06. The molecule has 1 heterocycles. The van der Waals surface area contributed by atoms with Gasteiger partial charge in [0.05, 0.1) is 12.1 Å². The lowest BCUT2D eigenvalue weighted by molar-refractivity contribution is 0.0805. The van der Waals surface area contributed by atoms with Crippen LogP contribution in [0, 0.1) is 5.92 Å². The zero-order valence-electron chi connectivity index (χ0n) is 9.74. The van der Waals surface area contributed by atoms with Gasteiger partial charge in [-0.05, 0) is 24.5 Å². The highest BCUT2D eigenvalue weighted by Gasteiger charge is 2.38. The highest BCUT2D eigenvalue weighted by atomic mass is 16.3. The first-order chi connectivity index (χ1) is 8.36. The van der Waals surface area contributed by atoms with E-state index in [0.717, 1.165) is 12.8 Å². The van der Waals surface area contributed by atoms with Crippen LogP contribution < -0.4 is 0 Å². The van der Waals surface area contributed by atoms with Crippen LogP contribution in [-0.2, 0) is 0 Å². The van der Waals surface area contributed by atoms with Crippen LogP contribution in [-0.4, -0.2) is 23.5 Å². The van der Waals surface area contributed by atoms with Crippen LogP contribution in [0.2, 0.25) is 0 Å². The van der Waals surface area contributed by atoms with Crippen LogP contribution in [0.25, 0.3) is 0 Å². The molecule has 1 aromatic rings. The van der Waals surface area contributed by atoms with Crippen molar-refractivity contribution >= 4 is 6.21 Å². The molecule has 88 valence electrons. The number of aliphatic hydroxyl groups is 1. The summed E-state index contributed by atoms with van der Waals surface area (Å²) < 4.78 is 0. The van der Waals surface area contributed by atoms with Crippen molar-refractivity contribution in [2.45, 2.75) is 30.9 Å². The first kappa shape index (κ1) is 10.7. The van der Waals surface area contributed by atoms with Gasteiger partial charge in [-0.25, -0.2) is 0 Å². The number of aliphatic imine (C=N–C) groups is 1. The molecule has 2 heteroatoms. The average molecular weight is 227 g/mol. The fraction of sp³-hybridized carbons (Fsp3) is 0.400. The molecule has 0 radical (unpaired) electrons. The largest absolute Gasteiger partial charge is 0.392 e. The maximum absolute atomic E-state index is 10.3. The second-order valence-electron chi connectivity index (χ2n) is 4.92. The van der Waals surface area contributed by atoms with E-state index in [4.69, 9.17) is 0 Å². The first-order valence-corrected chi connectivity index (χ1v) is 6.29. The fourth-order valence-corrected chi connectivity index (χ4v) is 3.06. The van der Waals surface area contributed by atoms with E-state index < -0.39 is 0 Å². The molecule has 0 aromatic heterocycles. The van der Waals surface area contributed by atoms with Gasteiger partial charge in [0, 0.05) is 18.1 Å². The van der Waals surface area contributed by atoms with Gasteiger partial charge in [0.1, 0.15) is 0 Å². The van der Waals surface area contributed by atoms with Crippen molar-refractivity contribution in [2.24, 2.45) is 10.9 Å². The van der Waals surface area contributed by atoms with Crippen molar-refractivity contribution in [2.75, 3.05) is 0 Å². The minimum atomic E-state index is -0.262. The minimum Gasteiger partial charge on any atom is -0.392 e. The minimum absolute atomic E-state index is 0.149. The Balaban J connectivity index is 1.95. The Morgan fingerprint density at radius 1 is 1.12 bits per heavy atom. The second-order valence-corrected chi connectivity index (χ2v) is 4.92. The van der Waals surface area contributed by atoms with E-state index >= 15 is 0 Å². The summed E-state index contributed by atoms with van der Waals surface area (Å²) in [6, 6.07) is 10.5. The van der Waals surface area contributed by atoms with E-state index in [1.165, 1.54) is 5.56 Å². The Kier molecular flexibility index (Phi) is 2.81. The van der Waals surface area contributed by atoms with Gasteiger partial charge < -0.3 is 5.11 Å². The molecular weight excluding hydrogens is 210 g/mol. The molecule has 1 N–H and O–H groups in total. The van der Waals surface area contributed by atoms with Gasteiger partial charge in [-0.2, -0.15) is 0 Å². The first-order valence-electron chi connectivity index (χ1n) is 6.29. The highest BCUT2D eigenvalue weighted by Crippen LogP contribution is 2.40. The zero-order chi connectivity index (χ0) is 11.7. The Morgan fingerprint density at radius 2 is 1.94 bits per heavy atom. The normalized spacial score (nSPS) is 35.6. The summed E-state index contributed by atoms with van der Waals surface area (Å²) in [7, 11) is 0.